The molecule has 1 unspecified atom stereocenters. The molecule has 0 fully saturated rings. The van der Waals surface area contributed by atoms with Crippen LogP contribution in [0.1, 0.15) is 32.3 Å². The van der Waals surface area contributed by atoms with Gasteiger partial charge in [0.25, 0.3) is 0 Å². The minimum absolute atomic E-state index is 0.0720. The third kappa shape index (κ3) is 6.17. The SMILES string of the molecule is CC(C)C(C)c1cccc(OCCNCC(=O)N(C)C)c1. The Hall–Kier alpha value is -1.55. The predicted molar refractivity (Wildman–Crippen MR) is 86.8 cm³/mol. The summed E-state index contributed by atoms with van der Waals surface area (Å²) >= 11 is 0. The van der Waals surface area contributed by atoms with E-state index in [-0.39, 0.29) is 5.91 Å². The minimum Gasteiger partial charge on any atom is -0.492 e. The number of carbonyl (C=O) groups excluding carboxylic acids is 1. The second kappa shape index (κ2) is 8.67. The van der Waals surface area contributed by atoms with Crippen LogP contribution in [-0.4, -0.2) is 44.6 Å². The van der Waals surface area contributed by atoms with Gasteiger partial charge in [-0.05, 0) is 29.5 Å². The Morgan fingerprint density at radius 3 is 2.62 bits per heavy atom. The fourth-order valence-electron chi connectivity index (χ4n) is 1.87. The van der Waals surface area contributed by atoms with E-state index in [1.807, 2.05) is 12.1 Å². The Kier molecular flexibility index (Phi) is 7.23. The number of rotatable bonds is 8. The monoisotopic (exact) mass is 292 g/mol. The normalized spacial score (nSPS) is 12.3. The largest absolute Gasteiger partial charge is 0.492 e. The molecule has 1 rings (SSSR count). The number of nitrogens with one attached hydrogen (secondary N) is 1. The van der Waals surface area contributed by atoms with E-state index in [1.165, 1.54) is 5.56 Å². The lowest BCUT2D eigenvalue weighted by Crippen LogP contribution is -2.34. The van der Waals surface area contributed by atoms with Gasteiger partial charge in [-0.2, -0.15) is 0 Å². The molecule has 118 valence electrons. The van der Waals surface area contributed by atoms with Crippen LogP contribution < -0.4 is 10.1 Å². The van der Waals surface area contributed by atoms with Gasteiger partial charge in [0.2, 0.25) is 5.91 Å². The molecule has 1 amide bonds. The molecule has 4 nitrogen and oxygen atoms in total. The molecule has 1 aromatic rings. The van der Waals surface area contributed by atoms with Gasteiger partial charge in [0.1, 0.15) is 12.4 Å². The van der Waals surface area contributed by atoms with Crippen molar-refractivity contribution in [3.8, 4) is 5.75 Å². The van der Waals surface area contributed by atoms with Crippen molar-refractivity contribution in [1.29, 1.82) is 0 Å². The van der Waals surface area contributed by atoms with Gasteiger partial charge in [0.05, 0.1) is 6.54 Å². The molecule has 0 aliphatic heterocycles. The Balaban J connectivity index is 2.36. The molecule has 1 aromatic carbocycles. The zero-order chi connectivity index (χ0) is 15.8. The van der Waals surface area contributed by atoms with E-state index in [0.29, 0.717) is 31.5 Å². The molecular formula is C17H28N2O2. The molecule has 0 aliphatic carbocycles. The summed E-state index contributed by atoms with van der Waals surface area (Å²) in [4.78, 5) is 13.0. The molecule has 0 saturated heterocycles. The average Bonchev–Trinajstić information content (AvgIpc) is 2.45. The molecule has 0 heterocycles. The van der Waals surface area contributed by atoms with Crippen molar-refractivity contribution in [2.45, 2.75) is 26.7 Å². The quantitative estimate of drug-likeness (QED) is 0.749. The lowest BCUT2D eigenvalue weighted by molar-refractivity contribution is -0.127. The first kappa shape index (κ1) is 17.5. The number of nitrogens with zero attached hydrogens (tertiary/aromatic N) is 1. The van der Waals surface area contributed by atoms with Gasteiger partial charge in [-0.15, -0.1) is 0 Å². The third-order valence-electron chi connectivity index (χ3n) is 3.71. The maximum Gasteiger partial charge on any atom is 0.236 e. The van der Waals surface area contributed by atoms with Gasteiger partial charge < -0.3 is 15.0 Å². The molecule has 0 radical (unpaired) electrons. The van der Waals surface area contributed by atoms with Gasteiger partial charge in [-0.1, -0.05) is 32.9 Å². The van der Waals surface area contributed by atoms with Crippen molar-refractivity contribution in [1.82, 2.24) is 10.2 Å². The fraction of sp³-hybridized carbons (Fsp3) is 0.588. The lowest BCUT2D eigenvalue weighted by Gasteiger charge is -2.17. The topological polar surface area (TPSA) is 41.6 Å². The summed E-state index contributed by atoms with van der Waals surface area (Å²) in [7, 11) is 3.50. The Labute approximate surface area is 128 Å². The molecular weight excluding hydrogens is 264 g/mol. The van der Waals surface area contributed by atoms with Gasteiger partial charge >= 0.3 is 0 Å². The van der Waals surface area contributed by atoms with Crippen molar-refractivity contribution in [2.75, 3.05) is 33.8 Å². The van der Waals surface area contributed by atoms with Crippen LogP contribution >= 0.6 is 0 Å². The Bertz CT molecular complexity index is 444. The second-order valence-electron chi connectivity index (χ2n) is 5.92. The van der Waals surface area contributed by atoms with Gasteiger partial charge in [-0.3, -0.25) is 4.79 Å². The summed E-state index contributed by atoms with van der Waals surface area (Å²) in [6.45, 7) is 8.25. The Morgan fingerprint density at radius 1 is 1.29 bits per heavy atom. The second-order valence-corrected chi connectivity index (χ2v) is 5.92. The summed E-state index contributed by atoms with van der Waals surface area (Å²) < 4.78 is 5.73. The molecule has 1 N–H and O–H groups in total. The maximum absolute atomic E-state index is 11.4. The van der Waals surface area contributed by atoms with Crippen molar-refractivity contribution >= 4 is 5.91 Å². The molecule has 0 aromatic heterocycles. The average molecular weight is 292 g/mol. The van der Waals surface area contributed by atoms with Crippen LogP contribution in [0.25, 0.3) is 0 Å². The van der Waals surface area contributed by atoms with Crippen LogP contribution in [0.3, 0.4) is 0 Å². The number of ether oxygens (including phenoxy) is 1. The van der Waals surface area contributed by atoms with Crippen molar-refractivity contribution in [2.24, 2.45) is 5.92 Å². The summed E-state index contributed by atoms with van der Waals surface area (Å²) in [5, 5.41) is 3.08. The number of hydrogen-bond acceptors (Lipinski definition) is 3. The van der Waals surface area contributed by atoms with E-state index in [4.69, 9.17) is 4.74 Å². The van der Waals surface area contributed by atoms with Crippen LogP contribution in [0.2, 0.25) is 0 Å². The van der Waals surface area contributed by atoms with Crippen LogP contribution in [0.5, 0.6) is 5.75 Å². The van der Waals surface area contributed by atoms with E-state index >= 15 is 0 Å². The van der Waals surface area contributed by atoms with Gasteiger partial charge in [-0.25, -0.2) is 0 Å². The zero-order valence-electron chi connectivity index (χ0n) is 13.8. The highest BCUT2D eigenvalue weighted by atomic mass is 16.5. The number of amides is 1. The van der Waals surface area contributed by atoms with Crippen molar-refractivity contribution in [3.63, 3.8) is 0 Å². The van der Waals surface area contributed by atoms with Crippen LogP contribution in [0, 0.1) is 5.92 Å². The summed E-state index contributed by atoms with van der Waals surface area (Å²) in [5.41, 5.74) is 1.30. The van der Waals surface area contributed by atoms with Crippen molar-refractivity contribution in [3.05, 3.63) is 29.8 Å². The molecule has 0 bridgehead atoms. The molecule has 0 saturated carbocycles. The number of hydrogen-bond donors (Lipinski definition) is 1. The van der Waals surface area contributed by atoms with E-state index in [2.05, 4.69) is 38.2 Å². The first-order valence-electron chi connectivity index (χ1n) is 7.55. The highest BCUT2D eigenvalue weighted by Crippen LogP contribution is 2.26. The van der Waals surface area contributed by atoms with Crippen LogP contribution in [-0.2, 0) is 4.79 Å². The molecule has 4 heteroatoms. The molecule has 21 heavy (non-hydrogen) atoms. The highest BCUT2D eigenvalue weighted by molar-refractivity contribution is 5.77. The fourth-order valence-corrected chi connectivity index (χ4v) is 1.87. The van der Waals surface area contributed by atoms with E-state index in [1.54, 1.807) is 19.0 Å². The summed E-state index contributed by atoms with van der Waals surface area (Å²) in [6.07, 6.45) is 0. The zero-order valence-corrected chi connectivity index (χ0v) is 13.8. The van der Waals surface area contributed by atoms with E-state index in [9.17, 15) is 4.79 Å². The van der Waals surface area contributed by atoms with Crippen molar-refractivity contribution < 1.29 is 9.53 Å². The summed E-state index contributed by atoms with van der Waals surface area (Å²) in [6, 6.07) is 8.26. The van der Waals surface area contributed by atoms with Gasteiger partial charge in [0.15, 0.2) is 0 Å². The number of carbonyl (C=O) groups is 1. The molecule has 0 aliphatic rings. The molecule has 1 atom stereocenters. The molecule has 0 spiro atoms. The van der Waals surface area contributed by atoms with Crippen LogP contribution in [0.4, 0.5) is 0 Å². The van der Waals surface area contributed by atoms with E-state index in [0.717, 1.165) is 5.75 Å². The van der Waals surface area contributed by atoms with E-state index < -0.39 is 0 Å². The minimum atomic E-state index is 0.0720. The smallest absolute Gasteiger partial charge is 0.236 e. The first-order chi connectivity index (χ1) is 9.91. The maximum atomic E-state index is 11.4. The summed E-state index contributed by atoms with van der Waals surface area (Å²) in [5.74, 6) is 2.09. The standard InChI is InChI=1S/C17H28N2O2/c1-13(2)14(3)15-7-6-8-16(11-15)21-10-9-18-12-17(20)19(4)5/h6-8,11,13-14,18H,9-10,12H2,1-5H3. The Morgan fingerprint density at radius 2 is 2.00 bits per heavy atom. The predicted octanol–water partition coefficient (Wildman–Crippen LogP) is 2.50. The number of benzene rings is 1. The third-order valence-corrected chi connectivity index (χ3v) is 3.71. The van der Waals surface area contributed by atoms with Gasteiger partial charge in [0, 0.05) is 20.6 Å². The number of likely N-dealkylation sites (N-methyl/N-ethyl adjacent to an activating group) is 1. The first-order valence-corrected chi connectivity index (χ1v) is 7.55. The lowest BCUT2D eigenvalue weighted by atomic mass is 9.90. The van der Waals surface area contributed by atoms with Crippen LogP contribution in [0.15, 0.2) is 24.3 Å². The highest BCUT2D eigenvalue weighted by Gasteiger charge is 2.10.